The summed E-state index contributed by atoms with van der Waals surface area (Å²) in [6.45, 7) is 4.07. The van der Waals surface area contributed by atoms with Gasteiger partial charge in [-0.05, 0) is 43.7 Å². The van der Waals surface area contributed by atoms with Crippen molar-refractivity contribution >= 4 is 5.91 Å². The molecular weight excluding hydrogens is 314 g/mol. The number of likely N-dealkylation sites (N-methyl/N-ethyl adjacent to an activating group) is 1. The summed E-state index contributed by atoms with van der Waals surface area (Å²) in [4.78, 5) is 18.9. The smallest absolute Gasteiger partial charge is 0.271 e. The second-order valence-electron chi connectivity index (χ2n) is 6.41. The Morgan fingerprint density at radius 3 is 2.84 bits per heavy atom. The molecule has 3 aromatic heterocycles. The predicted molar refractivity (Wildman–Crippen MR) is 97.2 cm³/mol. The summed E-state index contributed by atoms with van der Waals surface area (Å²) in [6, 6.07) is 9.72. The summed E-state index contributed by atoms with van der Waals surface area (Å²) >= 11 is 0. The van der Waals surface area contributed by atoms with Crippen LogP contribution in [0, 0.1) is 6.92 Å². The highest BCUT2D eigenvalue weighted by molar-refractivity contribution is 5.93. The molecular formula is C19H23N5O. The van der Waals surface area contributed by atoms with Gasteiger partial charge < -0.3 is 9.47 Å². The third-order valence-electron chi connectivity index (χ3n) is 4.60. The van der Waals surface area contributed by atoms with E-state index in [-0.39, 0.29) is 11.9 Å². The second-order valence-corrected chi connectivity index (χ2v) is 6.41. The van der Waals surface area contributed by atoms with Gasteiger partial charge in [0.2, 0.25) is 0 Å². The number of hydrogen-bond acceptors (Lipinski definition) is 3. The summed E-state index contributed by atoms with van der Waals surface area (Å²) in [6.07, 6.45) is 4.46. The number of nitrogens with one attached hydrogen (secondary N) is 1. The third-order valence-corrected chi connectivity index (χ3v) is 4.60. The monoisotopic (exact) mass is 337 g/mol. The van der Waals surface area contributed by atoms with Gasteiger partial charge in [0.15, 0.2) is 0 Å². The maximum Gasteiger partial charge on any atom is 0.271 e. The van der Waals surface area contributed by atoms with E-state index >= 15 is 0 Å². The summed E-state index contributed by atoms with van der Waals surface area (Å²) < 4.78 is 1.97. The lowest BCUT2D eigenvalue weighted by atomic mass is 10.1. The first-order valence-corrected chi connectivity index (χ1v) is 8.32. The van der Waals surface area contributed by atoms with E-state index in [0.717, 1.165) is 22.6 Å². The molecule has 0 spiro atoms. The van der Waals surface area contributed by atoms with E-state index < -0.39 is 0 Å². The highest BCUT2D eigenvalue weighted by atomic mass is 16.2. The van der Waals surface area contributed by atoms with Crippen molar-refractivity contribution < 1.29 is 4.79 Å². The molecule has 1 amide bonds. The van der Waals surface area contributed by atoms with Crippen LogP contribution in [0.3, 0.4) is 0 Å². The van der Waals surface area contributed by atoms with Crippen LogP contribution in [0.15, 0.2) is 42.7 Å². The topological polar surface area (TPSA) is 66.8 Å². The van der Waals surface area contributed by atoms with Crippen molar-refractivity contribution in [2.24, 2.45) is 7.05 Å². The minimum atomic E-state index is -0.0750. The Labute approximate surface area is 147 Å². The van der Waals surface area contributed by atoms with Crippen LogP contribution in [-0.4, -0.2) is 43.6 Å². The molecule has 3 heterocycles. The molecule has 0 saturated carbocycles. The number of hydrogen-bond donors (Lipinski definition) is 1. The van der Waals surface area contributed by atoms with E-state index in [0.29, 0.717) is 12.1 Å². The Morgan fingerprint density at radius 1 is 1.36 bits per heavy atom. The Balaban J connectivity index is 1.73. The van der Waals surface area contributed by atoms with Gasteiger partial charge in [0.25, 0.3) is 5.91 Å². The number of aryl methyl sites for hydroxylation is 2. The largest absolute Gasteiger partial charge is 0.349 e. The number of nitrogens with zero attached hydrogens (tertiary/aromatic N) is 4. The molecule has 25 heavy (non-hydrogen) atoms. The van der Waals surface area contributed by atoms with Crippen LogP contribution >= 0.6 is 0 Å². The van der Waals surface area contributed by atoms with Crippen LogP contribution in [0.1, 0.15) is 28.7 Å². The lowest BCUT2D eigenvalue weighted by molar-refractivity contribution is 0.0737. The standard InChI is InChI=1S/C19H23N5O/c1-13-7-5-9-20-15(13)11-14(2)24(4)19(25)17-12-16(21-22-17)18-8-6-10-23(18)3/h5-10,12,14H,11H2,1-4H3,(H,21,22). The molecule has 0 radical (unpaired) electrons. The molecule has 0 aromatic carbocycles. The first kappa shape index (κ1) is 17.0. The summed E-state index contributed by atoms with van der Waals surface area (Å²) in [5.41, 5.74) is 4.38. The van der Waals surface area contributed by atoms with Crippen LogP contribution in [-0.2, 0) is 13.5 Å². The Kier molecular flexibility index (Phi) is 4.70. The Morgan fingerprint density at radius 2 is 2.16 bits per heavy atom. The summed E-state index contributed by atoms with van der Waals surface area (Å²) in [5.74, 6) is -0.0750. The molecule has 130 valence electrons. The lowest BCUT2D eigenvalue weighted by Gasteiger charge is -2.24. The van der Waals surface area contributed by atoms with E-state index in [1.807, 2.05) is 63.0 Å². The molecule has 1 N–H and O–H groups in total. The molecule has 3 aromatic rings. The number of H-pyrrole nitrogens is 1. The fourth-order valence-corrected chi connectivity index (χ4v) is 2.83. The average Bonchev–Trinajstić information content (AvgIpc) is 3.24. The van der Waals surface area contributed by atoms with Gasteiger partial charge >= 0.3 is 0 Å². The lowest BCUT2D eigenvalue weighted by Crippen LogP contribution is -2.37. The van der Waals surface area contributed by atoms with Gasteiger partial charge in [0.05, 0.1) is 5.69 Å². The van der Waals surface area contributed by atoms with Gasteiger partial charge in [0, 0.05) is 44.6 Å². The zero-order valence-electron chi connectivity index (χ0n) is 15.0. The zero-order valence-corrected chi connectivity index (χ0v) is 15.0. The zero-order chi connectivity index (χ0) is 18.0. The molecule has 0 aliphatic rings. The summed E-state index contributed by atoms with van der Waals surface area (Å²) in [5, 5.41) is 7.14. The van der Waals surface area contributed by atoms with Gasteiger partial charge in [0.1, 0.15) is 11.4 Å². The van der Waals surface area contributed by atoms with Crippen molar-refractivity contribution in [2.75, 3.05) is 7.05 Å². The number of carbonyl (C=O) groups is 1. The number of rotatable bonds is 5. The van der Waals surface area contributed by atoms with E-state index in [1.165, 1.54) is 0 Å². The van der Waals surface area contributed by atoms with Crippen LogP contribution < -0.4 is 0 Å². The highest BCUT2D eigenvalue weighted by Crippen LogP contribution is 2.19. The average molecular weight is 337 g/mol. The quantitative estimate of drug-likeness (QED) is 0.778. The van der Waals surface area contributed by atoms with Gasteiger partial charge in [-0.3, -0.25) is 14.9 Å². The molecule has 6 heteroatoms. The van der Waals surface area contributed by atoms with Crippen molar-refractivity contribution in [1.82, 2.24) is 24.6 Å². The molecule has 0 aliphatic heterocycles. The third kappa shape index (κ3) is 3.47. The predicted octanol–water partition coefficient (Wildman–Crippen LogP) is 2.82. The minimum Gasteiger partial charge on any atom is -0.349 e. The Hall–Kier alpha value is -2.89. The van der Waals surface area contributed by atoms with Crippen molar-refractivity contribution in [3.63, 3.8) is 0 Å². The summed E-state index contributed by atoms with van der Waals surface area (Å²) in [7, 11) is 3.77. The maximum absolute atomic E-state index is 12.8. The first-order valence-electron chi connectivity index (χ1n) is 8.32. The van der Waals surface area contributed by atoms with Gasteiger partial charge in [-0.15, -0.1) is 0 Å². The molecule has 3 rings (SSSR count). The second kappa shape index (κ2) is 6.93. The molecule has 0 fully saturated rings. The number of aromatic amines is 1. The van der Waals surface area contributed by atoms with Crippen molar-refractivity contribution in [2.45, 2.75) is 26.3 Å². The van der Waals surface area contributed by atoms with Crippen LogP contribution in [0.5, 0.6) is 0 Å². The van der Waals surface area contributed by atoms with Crippen molar-refractivity contribution in [1.29, 1.82) is 0 Å². The van der Waals surface area contributed by atoms with Crippen molar-refractivity contribution in [3.8, 4) is 11.4 Å². The van der Waals surface area contributed by atoms with Crippen LogP contribution in [0.2, 0.25) is 0 Å². The van der Waals surface area contributed by atoms with Crippen molar-refractivity contribution in [3.05, 3.63) is 59.7 Å². The number of pyridine rings is 1. The molecule has 0 saturated heterocycles. The molecule has 0 bridgehead atoms. The number of aromatic nitrogens is 4. The maximum atomic E-state index is 12.8. The highest BCUT2D eigenvalue weighted by Gasteiger charge is 2.21. The first-order chi connectivity index (χ1) is 12.0. The minimum absolute atomic E-state index is 0.0305. The van der Waals surface area contributed by atoms with Gasteiger partial charge in [-0.2, -0.15) is 5.10 Å². The van der Waals surface area contributed by atoms with Gasteiger partial charge in [-0.1, -0.05) is 6.07 Å². The van der Waals surface area contributed by atoms with E-state index in [2.05, 4.69) is 15.2 Å². The fraction of sp³-hybridized carbons (Fsp3) is 0.316. The Bertz CT molecular complexity index is 879. The molecule has 6 nitrogen and oxygen atoms in total. The molecule has 0 aliphatic carbocycles. The van der Waals surface area contributed by atoms with E-state index in [9.17, 15) is 4.79 Å². The number of amides is 1. The molecule has 1 atom stereocenters. The molecule has 1 unspecified atom stereocenters. The van der Waals surface area contributed by atoms with E-state index in [1.54, 1.807) is 17.2 Å². The fourth-order valence-electron chi connectivity index (χ4n) is 2.83. The van der Waals surface area contributed by atoms with Crippen LogP contribution in [0.4, 0.5) is 0 Å². The van der Waals surface area contributed by atoms with Crippen LogP contribution in [0.25, 0.3) is 11.4 Å². The SMILES string of the molecule is Cc1cccnc1CC(C)N(C)C(=O)c1cc(-c2cccn2C)n[nH]1. The van der Waals surface area contributed by atoms with Gasteiger partial charge in [-0.25, -0.2) is 0 Å². The van der Waals surface area contributed by atoms with E-state index in [4.69, 9.17) is 0 Å². The number of carbonyl (C=O) groups excluding carboxylic acids is 1. The normalized spacial score (nSPS) is 12.2.